The maximum absolute atomic E-state index is 14.6. The molecule has 9 nitrogen and oxygen atoms in total. The number of amides is 2. The molecule has 4 aromatic rings. The number of imide groups is 1. The average Bonchev–Trinajstić information content (AvgIpc) is 3.30. The van der Waals surface area contributed by atoms with Crippen LogP contribution in [-0.2, 0) is 11.3 Å². The summed E-state index contributed by atoms with van der Waals surface area (Å²) in [7, 11) is 0. The molecule has 11 heteroatoms. The maximum atomic E-state index is 14.6. The zero-order valence-corrected chi connectivity index (χ0v) is 22.3. The number of halogens is 1. The Morgan fingerprint density at radius 1 is 1.10 bits per heavy atom. The van der Waals surface area contributed by atoms with E-state index in [1.807, 2.05) is 36.5 Å². The van der Waals surface area contributed by atoms with Crippen LogP contribution in [0, 0.1) is 11.7 Å². The molecule has 2 fully saturated rings. The molecule has 40 heavy (non-hydrogen) atoms. The fraction of sp³-hybridized carbons (Fsp3) is 0.241. The number of aromatic nitrogens is 4. The smallest absolute Gasteiger partial charge is 0.290 e. The molecule has 3 aromatic heterocycles. The van der Waals surface area contributed by atoms with Crippen LogP contribution in [0.3, 0.4) is 0 Å². The lowest BCUT2D eigenvalue weighted by atomic mass is 9.97. The summed E-state index contributed by atoms with van der Waals surface area (Å²) in [5.41, 5.74) is 2.86. The number of hydrogen-bond acceptors (Lipinski definition) is 9. The highest BCUT2D eigenvalue weighted by atomic mass is 32.2. The number of benzene rings is 1. The van der Waals surface area contributed by atoms with Gasteiger partial charge in [0.25, 0.3) is 11.1 Å². The van der Waals surface area contributed by atoms with Gasteiger partial charge in [-0.25, -0.2) is 14.4 Å². The number of pyridine rings is 2. The van der Waals surface area contributed by atoms with Crippen molar-refractivity contribution in [2.75, 3.05) is 24.5 Å². The van der Waals surface area contributed by atoms with E-state index in [9.17, 15) is 14.0 Å². The van der Waals surface area contributed by atoms with Gasteiger partial charge in [-0.05, 0) is 66.7 Å². The van der Waals surface area contributed by atoms with Crippen LogP contribution in [0.25, 0.3) is 28.1 Å². The fourth-order valence-electron chi connectivity index (χ4n) is 5.01. The molecule has 1 aromatic carbocycles. The lowest BCUT2D eigenvalue weighted by Gasteiger charge is -2.32. The van der Waals surface area contributed by atoms with Gasteiger partial charge in [0.2, 0.25) is 5.95 Å². The first-order chi connectivity index (χ1) is 19.5. The zero-order chi connectivity index (χ0) is 27.5. The first-order valence-corrected chi connectivity index (χ1v) is 13.9. The average molecular weight is 556 g/mol. The lowest BCUT2D eigenvalue weighted by molar-refractivity contribution is -0.115. The molecular formula is C29H26FN7O2S. The van der Waals surface area contributed by atoms with Gasteiger partial charge in [-0.1, -0.05) is 18.2 Å². The first kappa shape index (κ1) is 26.0. The second-order valence-electron chi connectivity index (χ2n) is 9.76. The number of thioether (sulfide) groups is 1. The molecule has 0 saturated carbocycles. The van der Waals surface area contributed by atoms with Gasteiger partial charge in [0.1, 0.15) is 5.82 Å². The highest BCUT2D eigenvalue weighted by Crippen LogP contribution is 2.28. The summed E-state index contributed by atoms with van der Waals surface area (Å²) >= 11 is 0.868. The molecule has 0 spiro atoms. The third-order valence-electron chi connectivity index (χ3n) is 7.12. The van der Waals surface area contributed by atoms with Crippen molar-refractivity contribution in [2.24, 2.45) is 5.92 Å². The Bertz CT molecular complexity index is 1620. The zero-order valence-electron chi connectivity index (χ0n) is 21.5. The molecule has 2 aliphatic rings. The summed E-state index contributed by atoms with van der Waals surface area (Å²) in [6.07, 6.45) is 10.0. The summed E-state index contributed by atoms with van der Waals surface area (Å²) in [4.78, 5) is 43.2. The van der Waals surface area contributed by atoms with Gasteiger partial charge in [-0.2, -0.15) is 0 Å². The second-order valence-corrected chi connectivity index (χ2v) is 10.8. The molecular weight excluding hydrogens is 529 g/mol. The third-order valence-corrected chi connectivity index (χ3v) is 7.93. The maximum Gasteiger partial charge on any atom is 0.290 e. The number of nitrogens with one attached hydrogen (secondary N) is 2. The third kappa shape index (κ3) is 5.70. The minimum atomic E-state index is -0.405. The lowest BCUT2D eigenvalue weighted by Crippen LogP contribution is -2.38. The predicted molar refractivity (Wildman–Crippen MR) is 153 cm³/mol. The van der Waals surface area contributed by atoms with E-state index < -0.39 is 5.91 Å². The summed E-state index contributed by atoms with van der Waals surface area (Å²) < 4.78 is 14.6. The van der Waals surface area contributed by atoms with E-state index in [2.05, 4.69) is 35.5 Å². The van der Waals surface area contributed by atoms with Crippen molar-refractivity contribution in [3.05, 3.63) is 83.2 Å². The van der Waals surface area contributed by atoms with Crippen LogP contribution in [0.2, 0.25) is 0 Å². The summed E-state index contributed by atoms with van der Waals surface area (Å²) in [5, 5.41) is 7.36. The monoisotopic (exact) mass is 555 g/mol. The molecule has 2 saturated heterocycles. The minimum absolute atomic E-state index is 0.321. The largest absolute Gasteiger partial charge is 0.341 e. The Hall–Kier alpha value is -4.22. The Morgan fingerprint density at radius 3 is 2.80 bits per heavy atom. The van der Waals surface area contributed by atoms with Crippen LogP contribution in [0.1, 0.15) is 24.1 Å². The summed E-state index contributed by atoms with van der Waals surface area (Å²) in [6.45, 7) is 2.79. The predicted octanol–water partition coefficient (Wildman–Crippen LogP) is 4.56. The molecule has 0 aliphatic carbocycles. The topological polar surface area (TPSA) is 113 Å². The number of hydrogen-bond donors (Lipinski definition) is 2. The van der Waals surface area contributed by atoms with Crippen molar-refractivity contribution in [1.29, 1.82) is 0 Å². The Morgan fingerprint density at radius 2 is 1.98 bits per heavy atom. The van der Waals surface area contributed by atoms with Crippen LogP contribution < -0.4 is 15.5 Å². The van der Waals surface area contributed by atoms with Crippen LogP contribution in [0.4, 0.5) is 15.1 Å². The van der Waals surface area contributed by atoms with Crippen molar-refractivity contribution in [2.45, 2.75) is 19.4 Å². The Balaban J connectivity index is 1.04. The summed E-state index contributed by atoms with van der Waals surface area (Å²) in [6, 6.07) is 11.4. The van der Waals surface area contributed by atoms with Gasteiger partial charge in [0, 0.05) is 54.7 Å². The number of nitrogens with zero attached hydrogens (tertiary/aromatic N) is 5. The molecule has 2 amide bonds. The molecule has 0 radical (unpaired) electrons. The Labute approximate surface area is 234 Å². The van der Waals surface area contributed by atoms with Gasteiger partial charge in [-0.15, -0.1) is 0 Å². The normalized spacial score (nSPS) is 17.1. The second kappa shape index (κ2) is 11.5. The quantitative estimate of drug-likeness (QED) is 0.317. The van der Waals surface area contributed by atoms with Crippen LogP contribution in [0.15, 0.2) is 66.1 Å². The van der Waals surface area contributed by atoms with Gasteiger partial charge >= 0.3 is 0 Å². The number of piperidine rings is 1. The van der Waals surface area contributed by atoms with E-state index in [1.54, 1.807) is 24.5 Å². The van der Waals surface area contributed by atoms with E-state index in [4.69, 9.17) is 0 Å². The molecule has 0 unspecified atom stereocenters. The van der Waals surface area contributed by atoms with E-state index in [1.165, 1.54) is 6.20 Å². The molecule has 2 aliphatic heterocycles. The highest BCUT2D eigenvalue weighted by Gasteiger charge is 2.26. The fourth-order valence-corrected chi connectivity index (χ4v) is 5.67. The van der Waals surface area contributed by atoms with E-state index >= 15 is 0 Å². The molecule has 5 heterocycles. The van der Waals surface area contributed by atoms with Crippen molar-refractivity contribution in [3.63, 3.8) is 0 Å². The van der Waals surface area contributed by atoms with Gasteiger partial charge in [0.05, 0.1) is 22.5 Å². The molecule has 6 rings (SSSR count). The van der Waals surface area contributed by atoms with Crippen molar-refractivity contribution >= 4 is 45.7 Å². The first-order valence-electron chi connectivity index (χ1n) is 13.0. The van der Waals surface area contributed by atoms with Crippen LogP contribution in [-0.4, -0.2) is 50.7 Å². The number of anilines is 1. The van der Waals surface area contributed by atoms with Crippen molar-refractivity contribution in [3.8, 4) is 11.3 Å². The minimum Gasteiger partial charge on any atom is -0.341 e. The molecule has 0 atom stereocenters. The van der Waals surface area contributed by atoms with Crippen LogP contribution in [0.5, 0.6) is 0 Å². The number of carbonyl (C=O) groups excluding carboxylic acids is 2. The Kier molecular flexibility index (Phi) is 7.47. The number of fused-ring (bicyclic) bond motifs is 1. The number of carbonyl (C=O) groups is 2. The summed E-state index contributed by atoms with van der Waals surface area (Å²) in [5.74, 6) is 0.322. The van der Waals surface area contributed by atoms with E-state index in [0.29, 0.717) is 34.6 Å². The van der Waals surface area contributed by atoms with E-state index in [0.717, 1.165) is 66.3 Å². The van der Waals surface area contributed by atoms with Gasteiger partial charge in [0.15, 0.2) is 0 Å². The van der Waals surface area contributed by atoms with Crippen molar-refractivity contribution in [1.82, 2.24) is 30.6 Å². The van der Waals surface area contributed by atoms with Crippen molar-refractivity contribution < 1.29 is 14.0 Å². The van der Waals surface area contributed by atoms with Crippen LogP contribution >= 0.6 is 11.8 Å². The number of rotatable bonds is 7. The van der Waals surface area contributed by atoms with Gasteiger partial charge in [-0.3, -0.25) is 24.9 Å². The molecule has 2 N–H and O–H groups in total. The molecule has 202 valence electrons. The SMILES string of the molecule is O=C1NC(=O)/C(=C\c2ccnc(N3CCC(CNCc4cc(-c5cccc6cnccc56)ncc4F)CC3)n2)S1. The van der Waals surface area contributed by atoms with Gasteiger partial charge < -0.3 is 10.2 Å². The molecule has 0 bridgehead atoms. The standard InChI is InChI=1S/C29H26FN7O2S/c30-24-17-34-25(23-3-1-2-19-15-31-8-5-22(19)23)12-20(24)16-32-14-18-6-10-37(11-7-18)28-33-9-4-21(35-28)13-26-27(38)36-29(39)40-26/h1-5,8-9,12-13,15,17-18,32H,6-7,10-11,14,16H2,(H,36,38,39)/b26-13+. The highest BCUT2D eigenvalue weighted by molar-refractivity contribution is 8.18. The van der Waals surface area contributed by atoms with E-state index in [-0.39, 0.29) is 11.1 Å².